The maximum absolute atomic E-state index is 12.4. The molecule has 1 fully saturated rings. The predicted molar refractivity (Wildman–Crippen MR) is 109 cm³/mol. The fraction of sp³-hybridized carbons (Fsp3) is 0.400. The third kappa shape index (κ3) is 4.76. The van der Waals surface area contributed by atoms with Crippen LogP contribution in [-0.2, 0) is 9.59 Å². The first-order chi connectivity index (χ1) is 13.4. The maximum atomic E-state index is 12.4. The van der Waals surface area contributed by atoms with Crippen molar-refractivity contribution >= 4 is 29.0 Å². The zero-order chi connectivity index (χ0) is 20.1. The van der Waals surface area contributed by atoms with Crippen LogP contribution in [-0.4, -0.2) is 55.7 Å². The second-order valence-corrected chi connectivity index (χ2v) is 7.15. The van der Waals surface area contributed by atoms with Crippen molar-refractivity contribution in [1.82, 2.24) is 15.5 Å². The van der Waals surface area contributed by atoms with Crippen LogP contribution in [0.4, 0.5) is 17.2 Å². The molecule has 1 atom stereocenters. The first-order valence-electron chi connectivity index (χ1n) is 9.32. The zero-order valence-corrected chi connectivity index (χ0v) is 16.5. The number of aromatic nitrogens is 2. The van der Waals surface area contributed by atoms with Crippen molar-refractivity contribution < 1.29 is 9.59 Å². The van der Waals surface area contributed by atoms with Gasteiger partial charge < -0.3 is 20.4 Å². The van der Waals surface area contributed by atoms with Crippen LogP contribution in [0, 0.1) is 12.8 Å². The molecule has 1 aliphatic heterocycles. The van der Waals surface area contributed by atoms with Gasteiger partial charge in [0.15, 0.2) is 5.82 Å². The van der Waals surface area contributed by atoms with E-state index in [0.717, 1.165) is 16.9 Å². The van der Waals surface area contributed by atoms with Gasteiger partial charge in [0.25, 0.3) is 0 Å². The highest BCUT2D eigenvalue weighted by atomic mass is 16.2. The second-order valence-electron chi connectivity index (χ2n) is 7.15. The van der Waals surface area contributed by atoms with E-state index >= 15 is 0 Å². The molecule has 1 saturated heterocycles. The molecule has 8 nitrogen and oxygen atoms in total. The number of aryl methyl sites for hydroxylation is 1. The van der Waals surface area contributed by atoms with E-state index < -0.39 is 0 Å². The van der Waals surface area contributed by atoms with Crippen LogP contribution < -0.4 is 20.4 Å². The molecule has 0 radical (unpaired) electrons. The molecule has 1 aliphatic rings. The predicted octanol–water partition coefficient (Wildman–Crippen LogP) is 1.43. The first-order valence-corrected chi connectivity index (χ1v) is 9.32. The van der Waals surface area contributed by atoms with Gasteiger partial charge in [0.1, 0.15) is 0 Å². The Kier molecular flexibility index (Phi) is 6.08. The van der Waals surface area contributed by atoms with Gasteiger partial charge in [-0.2, -0.15) is 5.10 Å². The lowest BCUT2D eigenvalue weighted by Crippen LogP contribution is -2.35. The number of rotatable bonds is 7. The van der Waals surface area contributed by atoms with Gasteiger partial charge in [0.2, 0.25) is 11.8 Å². The van der Waals surface area contributed by atoms with Gasteiger partial charge >= 0.3 is 0 Å². The largest absolute Gasteiger partial charge is 0.376 e. The summed E-state index contributed by atoms with van der Waals surface area (Å²) in [5.41, 5.74) is 2.92. The topological polar surface area (TPSA) is 90.5 Å². The standard InChI is InChI=1S/C20H26N6O2/c1-14-4-6-16(7-5-14)26-13-15(10-19(26)27)20(28)22-9-8-21-18-11-17(25(2)3)12-23-24-18/h4-7,11-12,15H,8-10,13H2,1-3H3,(H,21,24)(H,22,28). The lowest BCUT2D eigenvalue weighted by molar-refractivity contribution is -0.126. The zero-order valence-electron chi connectivity index (χ0n) is 16.5. The molecule has 2 N–H and O–H groups in total. The Morgan fingerprint density at radius 3 is 2.71 bits per heavy atom. The van der Waals surface area contributed by atoms with Crippen LogP contribution in [0.2, 0.25) is 0 Å². The second kappa shape index (κ2) is 8.69. The fourth-order valence-corrected chi connectivity index (χ4v) is 3.07. The van der Waals surface area contributed by atoms with Crippen molar-refractivity contribution in [2.75, 3.05) is 48.8 Å². The van der Waals surface area contributed by atoms with E-state index in [4.69, 9.17) is 0 Å². The summed E-state index contributed by atoms with van der Waals surface area (Å²) in [5.74, 6) is 0.212. The third-order valence-corrected chi connectivity index (χ3v) is 4.73. The Bertz CT molecular complexity index is 837. The molecule has 8 heteroatoms. The van der Waals surface area contributed by atoms with Crippen LogP contribution in [0.25, 0.3) is 0 Å². The molecule has 2 amide bonds. The van der Waals surface area contributed by atoms with Gasteiger partial charge in [0.05, 0.1) is 17.8 Å². The lowest BCUT2D eigenvalue weighted by Gasteiger charge is -2.17. The normalized spacial score (nSPS) is 16.2. The van der Waals surface area contributed by atoms with Crippen molar-refractivity contribution in [3.05, 3.63) is 42.1 Å². The molecule has 2 heterocycles. The first kappa shape index (κ1) is 19.6. The number of nitrogens with zero attached hydrogens (tertiary/aromatic N) is 4. The maximum Gasteiger partial charge on any atom is 0.227 e. The summed E-state index contributed by atoms with van der Waals surface area (Å²) in [6, 6.07) is 9.66. The number of hydrogen-bond acceptors (Lipinski definition) is 6. The highest BCUT2D eigenvalue weighted by Crippen LogP contribution is 2.25. The van der Waals surface area contributed by atoms with E-state index in [9.17, 15) is 9.59 Å². The quantitative estimate of drug-likeness (QED) is 0.704. The molecule has 0 saturated carbocycles. The number of nitrogens with one attached hydrogen (secondary N) is 2. The van der Waals surface area contributed by atoms with Crippen LogP contribution in [0.1, 0.15) is 12.0 Å². The number of anilines is 3. The van der Waals surface area contributed by atoms with Crippen molar-refractivity contribution in [3.63, 3.8) is 0 Å². The summed E-state index contributed by atoms with van der Waals surface area (Å²) < 4.78 is 0. The van der Waals surface area contributed by atoms with Gasteiger partial charge in [0, 0.05) is 51.9 Å². The molecule has 0 spiro atoms. The van der Waals surface area contributed by atoms with Gasteiger partial charge in [-0.05, 0) is 19.1 Å². The monoisotopic (exact) mass is 382 g/mol. The van der Waals surface area contributed by atoms with E-state index in [0.29, 0.717) is 25.5 Å². The Morgan fingerprint density at radius 1 is 1.25 bits per heavy atom. The Hall–Kier alpha value is -3.16. The van der Waals surface area contributed by atoms with Crippen molar-refractivity contribution in [3.8, 4) is 0 Å². The average molecular weight is 382 g/mol. The highest BCUT2D eigenvalue weighted by molar-refractivity contribution is 6.00. The van der Waals surface area contributed by atoms with E-state index in [-0.39, 0.29) is 24.2 Å². The van der Waals surface area contributed by atoms with Crippen LogP contribution in [0.15, 0.2) is 36.5 Å². The van der Waals surface area contributed by atoms with Gasteiger partial charge in [-0.15, -0.1) is 5.10 Å². The van der Waals surface area contributed by atoms with Crippen LogP contribution in [0.5, 0.6) is 0 Å². The molecule has 148 valence electrons. The number of benzene rings is 1. The number of amides is 2. The fourth-order valence-electron chi connectivity index (χ4n) is 3.07. The Morgan fingerprint density at radius 2 is 2.00 bits per heavy atom. The summed E-state index contributed by atoms with van der Waals surface area (Å²) in [6.45, 7) is 3.39. The lowest BCUT2D eigenvalue weighted by atomic mass is 10.1. The van der Waals surface area contributed by atoms with Gasteiger partial charge in [-0.1, -0.05) is 17.7 Å². The molecule has 0 aliphatic carbocycles. The molecule has 1 aromatic heterocycles. The van der Waals surface area contributed by atoms with Crippen molar-refractivity contribution in [2.24, 2.45) is 5.92 Å². The Balaban J connectivity index is 1.46. The molecule has 1 aromatic carbocycles. The molecule has 2 aromatic rings. The molecular weight excluding hydrogens is 356 g/mol. The minimum absolute atomic E-state index is 0.0158. The molecule has 1 unspecified atom stereocenters. The average Bonchev–Trinajstić information content (AvgIpc) is 3.08. The van der Waals surface area contributed by atoms with E-state index in [1.807, 2.05) is 56.3 Å². The van der Waals surface area contributed by atoms with Crippen LogP contribution in [0.3, 0.4) is 0 Å². The molecule has 3 rings (SSSR count). The van der Waals surface area contributed by atoms with Gasteiger partial charge in [-0.25, -0.2) is 0 Å². The molecule has 0 bridgehead atoms. The SMILES string of the molecule is Cc1ccc(N2CC(C(=O)NCCNc3cc(N(C)C)cnn3)CC2=O)cc1. The smallest absolute Gasteiger partial charge is 0.227 e. The summed E-state index contributed by atoms with van der Waals surface area (Å²) in [7, 11) is 3.87. The summed E-state index contributed by atoms with van der Waals surface area (Å²) in [5, 5.41) is 14.0. The molecule has 28 heavy (non-hydrogen) atoms. The van der Waals surface area contributed by atoms with E-state index in [1.165, 1.54) is 0 Å². The summed E-state index contributed by atoms with van der Waals surface area (Å²) >= 11 is 0. The highest BCUT2D eigenvalue weighted by Gasteiger charge is 2.34. The number of carbonyl (C=O) groups is 2. The van der Waals surface area contributed by atoms with Crippen LogP contribution >= 0.6 is 0 Å². The summed E-state index contributed by atoms with van der Waals surface area (Å²) in [4.78, 5) is 28.3. The third-order valence-electron chi connectivity index (χ3n) is 4.73. The minimum Gasteiger partial charge on any atom is -0.376 e. The van der Waals surface area contributed by atoms with Crippen molar-refractivity contribution in [2.45, 2.75) is 13.3 Å². The van der Waals surface area contributed by atoms with E-state index in [2.05, 4.69) is 20.8 Å². The number of carbonyl (C=O) groups excluding carboxylic acids is 2. The van der Waals surface area contributed by atoms with Crippen molar-refractivity contribution in [1.29, 1.82) is 0 Å². The number of hydrogen-bond donors (Lipinski definition) is 2. The van der Waals surface area contributed by atoms with Gasteiger partial charge in [-0.3, -0.25) is 9.59 Å². The Labute approximate surface area is 164 Å². The minimum atomic E-state index is -0.328. The summed E-state index contributed by atoms with van der Waals surface area (Å²) in [6.07, 6.45) is 1.92. The van der Waals surface area contributed by atoms with E-state index in [1.54, 1.807) is 11.1 Å². The molecular formula is C20H26N6O2.